The molecule has 0 aliphatic carbocycles. The Hall–Kier alpha value is -2.89. The highest BCUT2D eigenvalue weighted by Gasteiger charge is 2.05. The summed E-state index contributed by atoms with van der Waals surface area (Å²) in [6, 6.07) is 13.3. The van der Waals surface area contributed by atoms with E-state index in [1.54, 1.807) is 24.3 Å². The highest BCUT2D eigenvalue weighted by molar-refractivity contribution is 5.80. The lowest BCUT2D eigenvalue weighted by molar-refractivity contribution is -0.138. The zero-order valence-corrected chi connectivity index (χ0v) is 13.0. The molecule has 2 aromatic carbocycles. The van der Waals surface area contributed by atoms with E-state index in [1.807, 2.05) is 12.1 Å². The number of hydrogen-bond donors (Lipinski definition) is 2. The third-order valence-corrected chi connectivity index (χ3v) is 3.30. The fourth-order valence-corrected chi connectivity index (χ4v) is 1.96. The molecule has 2 N–H and O–H groups in total. The van der Waals surface area contributed by atoms with E-state index in [1.165, 1.54) is 12.1 Å². The molecule has 6 heteroatoms. The Morgan fingerprint density at radius 3 is 2.21 bits per heavy atom. The van der Waals surface area contributed by atoms with Crippen molar-refractivity contribution in [1.29, 1.82) is 0 Å². The highest BCUT2D eigenvalue weighted by atomic mass is 19.1. The second-order valence-corrected chi connectivity index (χ2v) is 5.23. The molecule has 0 atom stereocenters. The number of carbonyl (C=O) groups is 2. The molecule has 0 aliphatic heterocycles. The average molecular weight is 331 g/mol. The number of carboxylic acid groups (broad SMARTS) is 1. The fraction of sp³-hybridized carbons (Fsp3) is 0.222. The van der Waals surface area contributed by atoms with Crippen LogP contribution in [0.15, 0.2) is 48.5 Å². The number of hydrogen-bond acceptors (Lipinski definition) is 3. The lowest BCUT2D eigenvalue weighted by Crippen LogP contribution is -2.23. The van der Waals surface area contributed by atoms with Crippen LogP contribution in [0.4, 0.5) is 4.39 Å². The van der Waals surface area contributed by atoms with E-state index in [4.69, 9.17) is 9.84 Å². The van der Waals surface area contributed by atoms with Crippen molar-refractivity contribution < 1.29 is 23.8 Å². The van der Waals surface area contributed by atoms with Crippen LogP contribution in [0.3, 0.4) is 0 Å². The fourth-order valence-electron chi connectivity index (χ4n) is 1.96. The Kier molecular flexibility index (Phi) is 6.31. The first kappa shape index (κ1) is 17.5. The van der Waals surface area contributed by atoms with E-state index in [-0.39, 0.29) is 24.6 Å². The van der Waals surface area contributed by atoms with Gasteiger partial charge in [0, 0.05) is 13.0 Å². The van der Waals surface area contributed by atoms with Gasteiger partial charge in [0.15, 0.2) is 0 Å². The summed E-state index contributed by atoms with van der Waals surface area (Å²) >= 11 is 0. The molecular weight excluding hydrogens is 313 g/mol. The van der Waals surface area contributed by atoms with Gasteiger partial charge < -0.3 is 15.2 Å². The van der Waals surface area contributed by atoms with Crippen LogP contribution in [0.2, 0.25) is 0 Å². The van der Waals surface area contributed by atoms with Crippen molar-refractivity contribution in [3.05, 3.63) is 65.5 Å². The molecule has 0 aliphatic rings. The molecule has 24 heavy (non-hydrogen) atoms. The minimum Gasteiger partial charge on any atom is -0.489 e. The molecule has 2 rings (SSSR count). The predicted octanol–water partition coefficient (Wildman–Crippen LogP) is 2.89. The van der Waals surface area contributed by atoms with Crippen molar-refractivity contribution in [3.8, 4) is 5.75 Å². The minimum atomic E-state index is -0.993. The van der Waals surface area contributed by atoms with E-state index in [0.29, 0.717) is 18.9 Å². The summed E-state index contributed by atoms with van der Waals surface area (Å²) in [5.74, 6) is -0.907. The van der Waals surface area contributed by atoms with Gasteiger partial charge in [0.2, 0.25) is 5.91 Å². The zero-order valence-electron chi connectivity index (χ0n) is 13.0. The number of amides is 1. The van der Waals surface area contributed by atoms with Crippen LogP contribution in [0.5, 0.6) is 5.75 Å². The summed E-state index contributed by atoms with van der Waals surface area (Å²) in [7, 11) is 0. The summed E-state index contributed by atoms with van der Waals surface area (Å²) in [6.07, 6.45) is -0.212. The molecule has 0 unspecified atom stereocenters. The Bertz CT molecular complexity index is 683. The van der Waals surface area contributed by atoms with Crippen molar-refractivity contribution in [3.63, 3.8) is 0 Å². The number of rotatable bonds is 8. The van der Waals surface area contributed by atoms with Crippen LogP contribution in [0, 0.1) is 5.82 Å². The number of halogens is 1. The topological polar surface area (TPSA) is 75.6 Å². The molecule has 0 aromatic heterocycles. The van der Waals surface area contributed by atoms with Crippen LogP contribution < -0.4 is 10.1 Å². The minimum absolute atomic E-state index is 0.0335. The van der Waals surface area contributed by atoms with Gasteiger partial charge in [-0.15, -0.1) is 0 Å². The highest BCUT2D eigenvalue weighted by Crippen LogP contribution is 2.14. The normalized spacial score (nSPS) is 10.2. The van der Waals surface area contributed by atoms with Crippen LogP contribution in [-0.4, -0.2) is 17.0 Å². The predicted molar refractivity (Wildman–Crippen MR) is 85.9 cm³/mol. The lowest BCUT2D eigenvalue weighted by Gasteiger charge is -2.08. The molecule has 0 saturated heterocycles. The monoisotopic (exact) mass is 331 g/mol. The molecule has 0 heterocycles. The molecule has 126 valence electrons. The van der Waals surface area contributed by atoms with Gasteiger partial charge in [0.1, 0.15) is 18.2 Å². The standard InChI is InChI=1S/C18H18FNO4/c19-15-5-1-14(2-6-15)12-24-16-7-3-13(4-8-16)11-20-17(21)9-10-18(22)23/h1-8H,9-12H2,(H,20,21)(H,22,23). The largest absolute Gasteiger partial charge is 0.489 e. The van der Waals surface area contributed by atoms with Gasteiger partial charge in [-0.1, -0.05) is 24.3 Å². The third kappa shape index (κ3) is 6.08. The molecule has 0 spiro atoms. The van der Waals surface area contributed by atoms with E-state index in [2.05, 4.69) is 5.32 Å². The summed E-state index contributed by atoms with van der Waals surface area (Å²) < 4.78 is 18.4. The Morgan fingerprint density at radius 1 is 0.958 bits per heavy atom. The van der Waals surface area contributed by atoms with E-state index >= 15 is 0 Å². The average Bonchev–Trinajstić information content (AvgIpc) is 2.58. The maximum Gasteiger partial charge on any atom is 0.303 e. The van der Waals surface area contributed by atoms with Gasteiger partial charge in [-0.3, -0.25) is 9.59 Å². The molecule has 0 saturated carbocycles. The van der Waals surface area contributed by atoms with Crippen molar-refractivity contribution in [2.45, 2.75) is 26.0 Å². The van der Waals surface area contributed by atoms with E-state index < -0.39 is 5.97 Å². The first-order valence-electron chi connectivity index (χ1n) is 7.47. The van der Waals surface area contributed by atoms with Crippen LogP contribution in [-0.2, 0) is 22.7 Å². The second-order valence-electron chi connectivity index (χ2n) is 5.23. The number of nitrogens with one attached hydrogen (secondary N) is 1. The second kappa shape index (κ2) is 8.67. The van der Waals surface area contributed by atoms with Crippen LogP contribution in [0.25, 0.3) is 0 Å². The van der Waals surface area contributed by atoms with Gasteiger partial charge in [0.05, 0.1) is 6.42 Å². The molecule has 1 amide bonds. The Labute approximate surface area is 139 Å². The summed E-state index contributed by atoms with van der Waals surface area (Å²) in [6.45, 7) is 0.669. The van der Waals surface area contributed by atoms with Crippen LogP contribution >= 0.6 is 0 Å². The van der Waals surface area contributed by atoms with Gasteiger partial charge in [0.25, 0.3) is 0 Å². The number of carboxylic acids is 1. The maximum atomic E-state index is 12.8. The SMILES string of the molecule is O=C(O)CCC(=O)NCc1ccc(OCc2ccc(F)cc2)cc1. The molecule has 0 bridgehead atoms. The molecule has 0 radical (unpaired) electrons. The van der Waals surface area contributed by atoms with Crippen molar-refractivity contribution in [2.75, 3.05) is 0 Å². The molecule has 0 fully saturated rings. The smallest absolute Gasteiger partial charge is 0.303 e. The van der Waals surface area contributed by atoms with Crippen molar-refractivity contribution >= 4 is 11.9 Å². The van der Waals surface area contributed by atoms with Crippen molar-refractivity contribution in [2.24, 2.45) is 0 Å². The quantitative estimate of drug-likeness (QED) is 0.780. The first-order valence-corrected chi connectivity index (χ1v) is 7.47. The number of benzene rings is 2. The van der Waals surface area contributed by atoms with Gasteiger partial charge in [-0.25, -0.2) is 4.39 Å². The van der Waals surface area contributed by atoms with E-state index in [0.717, 1.165) is 11.1 Å². The summed E-state index contributed by atoms with van der Waals surface area (Å²) in [5, 5.41) is 11.2. The Balaban J connectivity index is 1.77. The Morgan fingerprint density at radius 2 is 1.58 bits per heavy atom. The van der Waals surface area contributed by atoms with Gasteiger partial charge in [-0.2, -0.15) is 0 Å². The maximum absolute atomic E-state index is 12.8. The van der Waals surface area contributed by atoms with Crippen molar-refractivity contribution in [1.82, 2.24) is 5.32 Å². The molecular formula is C18H18FNO4. The number of aliphatic carboxylic acids is 1. The summed E-state index contributed by atoms with van der Waals surface area (Å²) in [4.78, 5) is 21.8. The number of ether oxygens (including phenoxy) is 1. The summed E-state index contributed by atoms with van der Waals surface area (Å²) in [5.41, 5.74) is 1.75. The van der Waals surface area contributed by atoms with Gasteiger partial charge in [-0.05, 0) is 35.4 Å². The lowest BCUT2D eigenvalue weighted by atomic mass is 10.2. The molecule has 2 aromatic rings. The third-order valence-electron chi connectivity index (χ3n) is 3.30. The van der Waals surface area contributed by atoms with Crippen LogP contribution in [0.1, 0.15) is 24.0 Å². The first-order chi connectivity index (χ1) is 11.5. The van der Waals surface area contributed by atoms with E-state index in [9.17, 15) is 14.0 Å². The molecule has 5 nitrogen and oxygen atoms in total. The number of carbonyl (C=O) groups excluding carboxylic acids is 1. The zero-order chi connectivity index (χ0) is 17.4. The van der Waals surface area contributed by atoms with Gasteiger partial charge >= 0.3 is 5.97 Å².